The molecule has 4 nitrogen and oxygen atoms in total. The number of pyridine rings is 1. The lowest BCUT2D eigenvalue weighted by atomic mass is 10.1. The second-order valence-corrected chi connectivity index (χ2v) is 5.36. The molecule has 0 spiro atoms. The molecule has 1 aliphatic rings. The lowest BCUT2D eigenvalue weighted by Crippen LogP contribution is -2.40. The van der Waals surface area contributed by atoms with Gasteiger partial charge in [0.25, 0.3) is 0 Å². The van der Waals surface area contributed by atoms with Gasteiger partial charge in [0.1, 0.15) is 5.82 Å². The Kier molecular flexibility index (Phi) is 5.88. The van der Waals surface area contributed by atoms with Gasteiger partial charge >= 0.3 is 0 Å². The van der Waals surface area contributed by atoms with Crippen LogP contribution in [0.25, 0.3) is 0 Å². The van der Waals surface area contributed by atoms with Crippen LogP contribution in [0.4, 0.5) is 4.39 Å². The third-order valence-electron chi connectivity index (χ3n) is 3.93. The number of ether oxygens (including phenoxy) is 1. The third-order valence-corrected chi connectivity index (χ3v) is 3.93. The molecule has 0 saturated carbocycles. The van der Waals surface area contributed by atoms with E-state index >= 15 is 0 Å². The summed E-state index contributed by atoms with van der Waals surface area (Å²) in [6.45, 7) is 5.74. The van der Waals surface area contributed by atoms with Crippen molar-refractivity contribution in [2.24, 2.45) is 0 Å². The minimum Gasteiger partial charge on any atom is -0.383 e. The van der Waals surface area contributed by atoms with Gasteiger partial charge in [-0.05, 0) is 38.4 Å². The molecular weight excluding hydrogens is 257 g/mol. The molecule has 0 bridgehead atoms. The van der Waals surface area contributed by atoms with Crippen LogP contribution in [0.15, 0.2) is 18.3 Å². The van der Waals surface area contributed by atoms with Gasteiger partial charge < -0.3 is 10.1 Å². The molecular formula is C15H24FN3O. The Morgan fingerprint density at radius 1 is 1.55 bits per heavy atom. The number of methoxy groups -OCH3 is 1. The molecule has 1 fully saturated rings. The first-order chi connectivity index (χ1) is 9.70. The van der Waals surface area contributed by atoms with Crippen molar-refractivity contribution in [1.29, 1.82) is 0 Å². The Balaban J connectivity index is 2.01. The standard InChI is InChI=1S/C15H24FN3O/c1-12(15-6-5-13(16)10-18-15)19(8-9-20-2)11-14-4-3-7-17-14/h5-6,10,12,14,17H,3-4,7-9,11H2,1-2H3. The molecule has 1 aromatic rings. The molecule has 1 aromatic heterocycles. The second kappa shape index (κ2) is 7.67. The lowest BCUT2D eigenvalue weighted by Gasteiger charge is -2.31. The Morgan fingerprint density at radius 3 is 3.00 bits per heavy atom. The van der Waals surface area contributed by atoms with Gasteiger partial charge in [0.15, 0.2) is 0 Å². The second-order valence-electron chi connectivity index (χ2n) is 5.36. The Bertz CT molecular complexity index is 393. The predicted molar refractivity (Wildman–Crippen MR) is 77.1 cm³/mol. The summed E-state index contributed by atoms with van der Waals surface area (Å²) in [6.07, 6.45) is 3.74. The number of halogens is 1. The van der Waals surface area contributed by atoms with Crippen molar-refractivity contribution in [3.63, 3.8) is 0 Å². The fraction of sp³-hybridized carbons (Fsp3) is 0.667. The maximum Gasteiger partial charge on any atom is 0.141 e. The summed E-state index contributed by atoms with van der Waals surface area (Å²) in [5.41, 5.74) is 0.903. The third kappa shape index (κ3) is 4.23. The Hall–Kier alpha value is -1.04. The quantitative estimate of drug-likeness (QED) is 0.829. The monoisotopic (exact) mass is 281 g/mol. The fourth-order valence-corrected chi connectivity index (χ4v) is 2.67. The summed E-state index contributed by atoms with van der Waals surface area (Å²) in [6, 6.07) is 3.94. The highest BCUT2D eigenvalue weighted by molar-refractivity contribution is 5.09. The molecule has 20 heavy (non-hydrogen) atoms. The fourth-order valence-electron chi connectivity index (χ4n) is 2.67. The highest BCUT2D eigenvalue weighted by atomic mass is 19.1. The van der Waals surface area contributed by atoms with Crippen LogP contribution >= 0.6 is 0 Å². The molecule has 2 rings (SSSR count). The average Bonchev–Trinajstić information content (AvgIpc) is 2.96. The van der Waals surface area contributed by atoms with Crippen LogP contribution < -0.4 is 5.32 Å². The minimum absolute atomic E-state index is 0.160. The molecule has 1 saturated heterocycles. The predicted octanol–water partition coefficient (Wildman–Crippen LogP) is 1.98. The maximum atomic E-state index is 13.0. The zero-order valence-electron chi connectivity index (χ0n) is 12.3. The van der Waals surface area contributed by atoms with Crippen molar-refractivity contribution in [2.45, 2.75) is 31.8 Å². The Labute approximate surface area is 120 Å². The number of aromatic nitrogens is 1. The van der Waals surface area contributed by atoms with Gasteiger partial charge in [0, 0.05) is 32.3 Å². The van der Waals surface area contributed by atoms with Crippen LogP contribution in [0.5, 0.6) is 0 Å². The SMILES string of the molecule is COCCN(CC1CCCN1)C(C)c1ccc(F)cn1. The molecule has 0 radical (unpaired) electrons. The number of hydrogen-bond acceptors (Lipinski definition) is 4. The highest BCUT2D eigenvalue weighted by Crippen LogP contribution is 2.20. The molecule has 0 aromatic carbocycles. The van der Waals surface area contributed by atoms with Gasteiger partial charge in [-0.3, -0.25) is 9.88 Å². The van der Waals surface area contributed by atoms with E-state index in [0.29, 0.717) is 12.6 Å². The smallest absolute Gasteiger partial charge is 0.141 e. The summed E-state index contributed by atoms with van der Waals surface area (Å²) in [5.74, 6) is -0.290. The topological polar surface area (TPSA) is 37.4 Å². The van der Waals surface area contributed by atoms with Crippen LogP contribution in [0.2, 0.25) is 0 Å². The number of nitrogens with one attached hydrogen (secondary N) is 1. The molecule has 2 heterocycles. The summed E-state index contributed by atoms with van der Waals surface area (Å²) < 4.78 is 18.2. The van der Waals surface area contributed by atoms with Crippen LogP contribution in [0.3, 0.4) is 0 Å². The van der Waals surface area contributed by atoms with Crippen LogP contribution in [0.1, 0.15) is 31.5 Å². The molecule has 2 atom stereocenters. The first-order valence-corrected chi connectivity index (χ1v) is 7.28. The van der Waals surface area contributed by atoms with Gasteiger partial charge in [-0.25, -0.2) is 4.39 Å². The summed E-state index contributed by atoms with van der Waals surface area (Å²) >= 11 is 0. The van der Waals surface area contributed by atoms with Crippen LogP contribution in [-0.2, 0) is 4.74 Å². The van der Waals surface area contributed by atoms with E-state index in [1.165, 1.54) is 25.1 Å². The van der Waals surface area contributed by atoms with E-state index in [0.717, 1.165) is 25.3 Å². The molecule has 112 valence electrons. The number of nitrogens with zero attached hydrogens (tertiary/aromatic N) is 2. The van der Waals surface area contributed by atoms with E-state index in [1.54, 1.807) is 13.2 Å². The maximum absolute atomic E-state index is 13.0. The minimum atomic E-state index is -0.290. The lowest BCUT2D eigenvalue weighted by molar-refractivity contribution is 0.116. The molecule has 1 aliphatic heterocycles. The van der Waals surface area contributed by atoms with Crippen molar-refractivity contribution in [1.82, 2.24) is 15.2 Å². The first-order valence-electron chi connectivity index (χ1n) is 7.28. The van der Waals surface area contributed by atoms with E-state index in [2.05, 4.69) is 22.1 Å². The van der Waals surface area contributed by atoms with Gasteiger partial charge in [-0.15, -0.1) is 0 Å². The zero-order valence-corrected chi connectivity index (χ0v) is 12.3. The van der Waals surface area contributed by atoms with E-state index in [-0.39, 0.29) is 11.9 Å². The molecule has 5 heteroatoms. The average molecular weight is 281 g/mol. The molecule has 2 unspecified atom stereocenters. The Morgan fingerprint density at radius 2 is 2.40 bits per heavy atom. The molecule has 0 amide bonds. The van der Waals surface area contributed by atoms with Crippen molar-refractivity contribution in [2.75, 3.05) is 33.4 Å². The van der Waals surface area contributed by atoms with Crippen LogP contribution in [0, 0.1) is 5.82 Å². The van der Waals surface area contributed by atoms with Crippen LogP contribution in [-0.4, -0.2) is 49.3 Å². The normalized spacial score (nSPS) is 20.5. The molecule has 1 N–H and O–H groups in total. The van der Waals surface area contributed by atoms with Crippen molar-refractivity contribution in [3.05, 3.63) is 29.8 Å². The number of rotatable bonds is 7. The highest BCUT2D eigenvalue weighted by Gasteiger charge is 2.22. The zero-order chi connectivity index (χ0) is 14.4. The summed E-state index contributed by atoms with van der Waals surface area (Å²) in [7, 11) is 1.72. The number of hydrogen-bond donors (Lipinski definition) is 1. The van der Waals surface area contributed by atoms with Crippen molar-refractivity contribution >= 4 is 0 Å². The summed E-state index contributed by atoms with van der Waals surface area (Å²) in [4.78, 5) is 6.56. The largest absolute Gasteiger partial charge is 0.383 e. The van der Waals surface area contributed by atoms with Gasteiger partial charge in [0.2, 0.25) is 0 Å². The van der Waals surface area contributed by atoms with E-state index in [1.807, 2.05) is 0 Å². The van der Waals surface area contributed by atoms with Gasteiger partial charge in [0.05, 0.1) is 18.5 Å². The molecule has 0 aliphatic carbocycles. The van der Waals surface area contributed by atoms with E-state index in [9.17, 15) is 4.39 Å². The van der Waals surface area contributed by atoms with E-state index in [4.69, 9.17) is 4.74 Å². The summed E-state index contributed by atoms with van der Waals surface area (Å²) in [5, 5.41) is 3.52. The van der Waals surface area contributed by atoms with Gasteiger partial charge in [-0.2, -0.15) is 0 Å². The van der Waals surface area contributed by atoms with E-state index < -0.39 is 0 Å². The van der Waals surface area contributed by atoms with Crippen molar-refractivity contribution in [3.8, 4) is 0 Å². The van der Waals surface area contributed by atoms with Crippen molar-refractivity contribution < 1.29 is 9.13 Å². The van der Waals surface area contributed by atoms with Gasteiger partial charge in [-0.1, -0.05) is 0 Å². The first kappa shape index (κ1) is 15.4.